The molecular weight excluding hydrogens is 342 g/mol. The summed E-state index contributed by atoms with van der Waals surface area (Å²) in [6.07, 6.45) is 0. The van der Waals surface area contributed by atoms with Gasteiger partial charge in [-0.25, -0.2) is 0 Å². The first-order valence-electron chi connectivity index (χ1n) is 7.37. The van der Waals surface area contributed by atoms with Gasteiger partial charge in [-0.15, -0.1) is 0 Å². The van der Waals surface area contributed by atoms with Crippen molar-refractivity contribution in [2.24, 2.45) is 0 Å². The molecule has 0 fully saturated rings. The van der Waals surface area contributed by atoms with E-state index in [9.17, 15) is 14.9 Å². The number of rotatable bonds is 4. The smallest absolute Gasteiger partial charge is 0.282 e. The molecule has 0 saturated carbocycles. The molecule has 1 amide bonds. The number of nitrogens with zero attached hydrogens (tertiary/aromatic N) is 2. The van der Waals surface area contributed by atoms with E-state index in [2.05, 4.69) is 17.2 Å². The van der Waals surface area contributed by atoms with Crippen LogP contribution in [0.25, 0.3) is 0 Å². The van der Waals surface area contributed by atoms with Gasteiger partial charge in [0.25, 0.3) is 11.6 Å². The Balaban J connectivity index is 2.11. The lowest BCUT2D eigenvalue weighted by Crippen LogP contribution is -2.24. The SMILES string of the molecule is CN(C)c1ccccc1C#CCNC(=O)c1cc(Cl)ccc1[N+](=O)[O-]. The van der Waals surface area contributed by atoms with Crippen molar-refractivity contribution in [3.05, 3.63) is 68.7 Å². The van der Waals surface area contributed by atoms with Gasteiger partial charge in [-0.3, -0.25) is 14.9 Å². The number of para-hydroxylation sites is 1. The molecule has 0 heterocycles. The van der Waals surface area contributed by atoms with E-state index in [1.165, 1.54) is 18.2 Å². The van der Waals surface area contributed by atoms with Gasteiger partial charge in [0, 0.05) is 30.7 Å². The Morgan fingerprint density at radius 1 is 1.28 bits per heavy atom. The second kappa shape index (κ2) is 8.18. The number of amides is 1. The van der Waals surface area contributed by atoms with Crippen molar-refractivity contribution >= 4 is 28.9 Å². The first kappa shape index (κ1) is 18.3. The predicted octanol–water partition coefficient (Wildman–Crippen LogP) is 3.10. The molecule has 2 aromatic rings. The minimum atomic E-state index is -0.621. The Hall–Kier alpha value is -3.04. The Morgan fingerprint density at radius 3 is 2.68 bits per heavy atom. The third-order valence-electron chi connectivity index (χ3n) is 3.35. The molecule has 0 atom stereocenters. The van der Waals surface area contributed by atoms with Crippen molar-refractivity contribution in [3.63, 3.8) is 0 Å². The fourth-order valence-electron chi connectivity index (χ4n) is 2.18. The second-order valence-electron chi connectivity index (χ2n) is 5.31. The van der Waals surface area contributed by atoms with Gasteiger partial charge in [0.15, 0.2) is 0 Å². The largest absolute Gasteiger partial charge is 0.377 e. The van der Waals surface area contributed by atoms with E-state index < -0.39 is 10.8 Å². The van der Waals surface area contributed by atoms with E-state index in [0.717, 1.165) is 11.3 Å². The van der Waals surface area contributed by atoms with E-state index >= 15 is 0 Å². The average molecular weight is 358 g/mol. The van der Waals surface area contributed by atoms with Gasteiger partial charge in [0.05, 0.1) is 17.2 Å². The molecule has 0 aliphatic rings. The molecular formula is C18H16ClN3O3. The molecule has 0 radical (unpaired) electrons. The fraction of sp³-hybridized carbons (Fsp3) is 0.167. The van der Waals surface area contributed by atoms with Crippen LogP contribution in [0.4, 0.5) is 11.4 Å². The van der Waals surface area contributed by atoms with Crippen LogP contribution in [0.5, 0.6) is 0 Å². The van der Waals surface area contributed by atoms with Crippen LogP contribution in [-0.2, 0) is 0 Å². The molecule has 0 aliphatic carbocycles. The van der Waals surface area contributed by atoms with Crippen molar-refractivity contribution in [1.29, 1.82) is 0 Å². The summed E-state index contributed by atoms with van der Waals surface area (Å²) in [7, 11) is 3.83. The van der Waals surface area contributed by atoms with Crippen molar-refractivity contribution in [1.82, 2.24) is 5.32 Å². The molecule has 25 heavy (non-hydrogen) atoms. The highest BCUT2D eigenvalue weighted by Crippen LogP contribution is 2.22. The zero-order chi connectivity index (χ0) is 18.4. The Bertz CT molecular complexity index is 869. The van der Waals surface area contributed by atoms with Crippen LogP contribution in [0.1, 0.15) is 15.9 Å². The monoisotopic (exact) mass is 357 g/mol. The Kier molecular flexibility index (Phi) is 5.98. The van der Waals surface area contributed by atoms with Gasteiger partial charge in [0.1, 0.15) is 5.56 Å². The predicted molar refractivity (Wildman–Crippen MR) is 98.1 cm³/mol. The lowest BCUT2D eigenvalue weighted by atomic mass is 10.1. The number of nitrogens with one attached hydrogen (secondary N) is 1. The minimum absolute atomic E-state index is 0.0598. The molecule has 2 aromatic carbocycles. The molecule has 0 bridgehead atoms. The van der Waals surface area contributed by atoms with E-state index in [1.807, 2.05) is 43.3 Å². The molecule has 0 spiro atoms. The first-order valence-corrected chi connectivity index (χ1v) is 7.75. The summed E-state index contributed by atoms with van der Waals surface area (Å²) < 4.78 is 0. The zero-order valence-electron chi connectivity index (χ0n) is 13.7. The summed E-state index contributed by atoms with van der Waals surface area (Å²) in [6, 6.07) is 11.5. The quantitative estimate of drug-likeness (QED) is 0.518. The van der Waals surface area contributed by atoms with Crippen LogP contribution < -0.4 is 10.2 Å². The van der Waals surface area contributed by atoms with Gasteiger partial charge in [-0.05, 0) is 24.3 Å². The van der Waals surface area contributed by atoms with Crippen LogP contribution in [0.2, 0.25) is 5.02 Å². The molecule has 1 N–H and O–H groups in total. The van der Waals surface area contributed by atoms with Crippen molar-refractivity contribution in [2.75, 3.05) is 25.5 Å². The van der Waals surface area contributed by atoms with E-state index in [0.29, 0.717) is 0 Å². The third kappa shape index (κ3) is 4.72. The molecule has 7 heteroatoms. The summed E-state index contributed by atoms with van der Waals surface area (Å²) >= 11 is 5.82. The minimum Gasteiger partial charge on any atom is -0.377 e. The second-order valence-corrected chi connectivity index (χ2v) is 5.75. The average Bonchev–Trinajstić information content (AvgIpc) is 2.58. The van der Waals surface area contributed by atoms with Crippen LogP contribution in [0.15, 0.2) is 42.5 Å². The van der Waals surface area contributed by atoms with Crippen molar-refractivity contribution < 1.29 is 9.72 Å². The van der Waals surface area contributed by atoms with Crippen LogP contribution >= 0.6 is 11.6 Å². The summed E-state index contributed by atoms with van der Waals surface area (Å²) in [5.74, 6) is 5.24. The van der Waals surface area contributed by atoms with Gasteiger partial charge in [-0.2, -0.15) is 0 Å². The van der Waals surface area contributed by atoms with Crippen LogP contribution in [0, 0.1) is 22.0 Å². The fourth-order valence-corrected chi connectivity index (χ4v) is 2.35. The molecule has 0 aromatic heterocycles. The molecule has 0 aliphatic heterocycles. The number of hydrogen-bond donors (Lipinski definition) is 1. The molecule has 0 unspecified atom stereocenters. The number of nitro groups is 1. The Labute approximate surface area is 150 Å². The topological polar surface area (TPSA) is 75.5 Å². The number of carbonyl (C=O) groups is 1. The molecule has 6 nitrogen and oxygen atoms in total. The lowest BCUT2D eigenvalue weighted by Gasteiger charge is -2.13. The molecule has 0 saturated heterocycles. The lowest BCUT2D eigenvalue weighted by molar-refractivity contribution is -0.385. The van der Waals surface area contributed by atoms with Crippen LogP contribution in [0.3, 0.4) is 0 Å². The van der Waals surface area contributed by atoms with E-state index in [1.54, 1.807) is 0 Å². The van der Waals surface area contributed by atoms with E-state index in [4.69, 9.17) is 11.6 Å². The summed E-state index contributed by atoms with van der Waals surface area (Å²) in [5.41, 5.74) is 1.41. The number of halogens is 1. The van der Waals surface area contributed by atoms with Gasteiger partial charge < -0.3 is 10.2 Å². The first-order chi connectivity index (χ1) is 11.9. The maximum Gasteiger partial charge on any atom is 0.282 e. The maximum atomic E-state index is 12.2. The summed E-state index contributed by atoms with van der Waals surface area (Å²) in [6.45, 7) is 0.0598. The zero-order valence-corrected chi connectivity index (χ0v) is 14.5. The maximum absolute atomic E-state index is 12.2. The molecule has 2 rings (SSSR count). The normalized spacial score (nSPS) is 9.72. The number of hydrogen-bond acceptors (Lipinski definition) is 4. The Morgan fingerprint density at radius 2 is 2.00 bits per heavy atom. The number of carbonyl (C=O) groups excluding carboxylic acids is 1. The van der Waals surface area contributed by atoms with Crippen molar-refractivity contribution in [2.45, 2.75) is 0 Å². The van der Waals surface area contributed by atoms with Gasteiger partial charge in [-0.1, -0.05) is 35.6 Å². The number of benzene rings is 2. The van der Waals surface area contributed by atoms with Gasteiger partial charge in [0.2, 0.25) is 0 Å². The highest BCUT2D eigenvalue weighted by Gasteiger charge is 2.19. The number of anilines is 1. The highest BCUT2D eigenvalue weighted by atomic mass is 35.5. The third-order valence-corrected chi connectivity index (χ3v) is 3.58. The van der Waals surface area contributed by atoms with Gasteiger partial charge >= 0.3 is 0 Å². The molecule has 128 valence electrons. The van der Waals surface area contributed by atoms with Crippen LogP contribution in [-0.4, -0.2) is 31.5 Å². The standard InChI is InChI=1S/C18H16ClN3O3/c1-21(2)16-8-4-3-6-13(16)7-5-11-20-18(23)15-12-14(19)9-10-17(15)22(24)25/h3-4,6,8-10,12H,11H2,1-2H3,(H,20,23). The summed E-state index contributed by atoms with van der Waals surface area (Å²) in [5, 5.41) is 13.8. The van der Waals surface area contributed by atoms with E-state index in [-0.39, 0.29) is 22.8 Å². The number of nitro benzene ring substituents is 1. The van der Waals surface area contributed by atoms with Crippen molar-refractivity contribution in [3.8, 4) is 11.8 Å². The summed E-state index contributed by atoms with van der Waals surface area (Å²) in [4.78, 5) is 24.5. The highest BCUT2D eigenvalue weighted by molar-refractivity contribution is 6.31.